The Morgan fingerprint density at radius 1 is 1.27 bits per heavy atom. The van der Waals surface area contributed by atoms with Crippen molar-refractivity contribution in [1.29, 1.82) is 0 Å². The van der Waals surface area contributed by atoms with Gasteiger partial charge in [-0.05, 0) is 45.9 Å². The Bertz CT molecular complexity index is 913. The molecule has 1 amide bonds. The number of carbonyl (C=O) groups is 1. The molecule has 0 aliphatic carbocycles. The highest BCUT2D eigenvalue weighted by atomic mass is 16.5. The maximum absolute atomic E-state index is 12.4. The molecule has 0 aromatic carbocycles. The fraction of sp³-hybridized carbons (Fsp3) is 0.333. The number of nitrogens with zero attached hydrogens (tertiary/aromatic N) is 4. The first-order valence-corrected chi connectivity index (χ1v) is 8.29. The van der Waals surface area contributed by atoms with Crippen molar-refractivity contribution < 1.29 is 13.9 Å². The third kappa shape index (κ3) is 4.15. The summed E-state index contributed by atoms with van der Waals surface area (Å²) in [5, 5.41) is 7.09. The molecule has 0 aliphatic rings. The van der Waals surface area contributed by atoms with E-state index in [9.17, 15) is 4.79 Å². The lowest BCUT2D eigenvalue weighted by Crippen LogP contribution is -2.13. The molecule has 0 spiro atoms. The van der Waals surface area contributed by atoms with Crippen molar-refractivity contribution >= 4 is 11.7 Å². The van der Waals surface area contributed by atoms with E-state index >= 15 is 0 Å². The van der Waals surface area contributed by atoms with E-state index in [1.54, 1.807) is 22.9 Å². The first-order chi connectivity index (χ1) is 12.4. The number of aromatic nitrogens is 4. The van der Waals surface area contributed by atoms with Gasteiger partial charge in [-0.2, -0.15) is 5.10 Å². The molecule has 0 radical (unpaired) electrons. The molecule has 3 heterocycles. The second-order valence-electron chi connectivity index (χ2n) is 6.18. The average molecular weight is 355 g/mol. The fourth-order valence-corrected chi connectivity index (χ4v) is 2.40. The van der Waals surface area contributed by atoms with Gasteiger partial charge in [0.15, 0.2) is 11.6 Å². The lowest BCUT2D eigenvalue weighted by atomic mass is 10.4. The number of ether oxygens (including phenoxy) is 1. The Hall–Kier alpha value is -3.00. The minimum absolute atomic E-state index is 0.0891. The molecule has 3 aromatic heterocycles. The quantitative estimate of drug-likeness (QED) is 0.730. The van der Waals surface area contributed by atoms with Gasteiger partial charge in [-0.15, -0.1) is 0 Å². The second-order valence-corrected chi connectivity index (χ2v) is 6.18. The van der Waals surface area contributed by atoms with Gasteiger partial charge in [0.1, 0.15) is 24.5 Å². The molecule has 8 nitrogen and oxygen atoms in total. The van der Waals surface area contributed by atoms with Crippen LogP contribution in [0.25, 0.3) is 5.82 Å². The Labute approximate surface area is 151 Å². The molecule has 3 aromatic rings. The van der Waals surface area contributed by atoms with E-state index in [0.717, 1.165) is 11.4 Å². The number of amides is 1. The smallest absolute Gasteiger partial charge is 0.292 e. The molecule has 0 saturated carbocycles. The highest BCUT2D eigenvalue weighted by Gasteiger charge is 2.14. The van der Waals surface area contributed by atoms with Gasteiger partial charge >= 0.3 is 0 Å². The van der Waals surface area contributed by atoms with Crippen molar-refractivity contribution in [2.45, 2.75) is 40.4 Å². The molecule has 0 saturated heterocycles. The first kappa shape index (κ1) is 17.8. The molecule has 1 N–H and O–H groups in total. The molecule has 0 atom stereocenters. The van der Waals surface area contributed by atoms with Crippen LogP contribution in [0.3, 0.4) is 0 Å². The number of aryl methyl sites for hydroxylation is 2. The van der Waals surface area contributed by atoms with Gasteiger partial charge < -0.3 is 14.5 Å². The van der Waals surface area contributed by atoms with Crippen molar-refractivity contribution in [2.75, 3.05) is 5.32 Å². The van der Waals surface area contributed by atoms with Crippen LogP contribution in [0.15, 0.2) is 35.0 Å². The highest BCUT2D eigenvalue weighted by Crippen LogP contribution is 2.15. The highest BCUT2D eigenvalue weighted by molar-refractivity contribution is 6.01. The third-order valence-electron chi connectivity index (χ3n) is 3.57. The topological polar surface area (TPSA) is 95.1 Å². The van der Waals surface area contributed by atoms with Crippen molar-refractivity contribution in [2.24, 2.45) is 0 Å². The van der Waals surface area contributed by atoms with Crippen molar-refractivity contribution in [3.05, 3.63) is 53.5 Å². The Morgan fingerprint density at radius 2 is 2.08 bits per heavy atom. The number of hydrogen-bond acceptors (Lipinski definition) is 6. The maximum atomic E-state index is 12.4. The minimum Gasteiger partial charge on any atom is -0.453 e. The van der Waals surface area contributed by atoms with Crippen LogP contribution in [0.1, 0.15) is 41.6 Å². The monoisotopic (exact) mass is 355 g/mol. The van der Waals surface area contributed by atoms with Crippen molar-refractivity contribution in [3.8, 4) is 5.82 Å². The van der Waals surface area contributed by atoms with E-state index in [-0.39, 0.29) is 17.8 Å². The zero-order chi connectivity index (χ0) is 18.7. The SMILES string of the molecule is Cc1cc(C)n(-c2cc(NC(=O)c3ccc(COC(C)C)o3)ncn2)n1. The molecule has 136 valence electrons. The van der Waals surface area contributed by atoms with Crippen LogP contribution in [-0.2, 0) is 11.3 Å². The summed E-state index contributed by atoms with van der Waals surface area (Å²) < 4.78 is 12.7. The molecule has 0 aliphatic heterocycles. The third-order valence-corrected chi connectivity index (χ3v) is 3.57. The lowest BCUT2D eigenvalue weighted by Gasteiger charge is -2.06. The fourth-order valence-electron chi connectivity index (χ4n) is 2.40. The number of anilines is 1. The van der Waals surface area contributed by atoms with Gasteiger partial charge in [0.25, 0.3) is 5.91 Å². The van der Waals surface area contributed by atoms with Gasteiger partial charge in [0, 0.05) is 11.8 Å². The first-order valence-electron chi connectivity index (χ1n) is 8.29. The van der Waals surface area contributed by atoms with E-state index in [1.807, 2.05) is 33.8 Å². The summed E-state index contributed by atoms with van der Waals surface area (Å²) in [7, 11) is 0. The van der Waals surface area contributed by atoms with E-state index in [4.69, 9.17) is 9.15 Å². The number of rotatable bonds is 6. The molecule has 8 heteroatoms. The summed E-state index contributed by atoms with van der Waals surface area (Å²) >= 11 is 0. The number of carbonyl (C=O) groups excluding carboxylic acids is 1. The van der Waals surface area contributed by atoms with Crippen LogP contribution in [0.5, 0.6) is 0 Å². The standard InChI is InChI=1S/C18H21N5O3/c1-11(2)25-9-14-5-6-15(26-14)18(24)21-16-8-17(20-10-19-16)23-13(4)7-12(3)22-23/h5-8,10-11H,9H2,1-4H3,(H,19,20,21,24). The number of hydrogen-bond donors (Lipinski definition) is 1. The van der Waals surface area contributed by atoms with Crippen molar-refractivity contribution in [1.82, 2.24) is 19.7 Å². The van der Waals surface area contributed by atoms with E-state index in [2.05, 4.69) is 20.4 Å². The van der Waals surface area contributed by atoms with Gasteiger partial charge in [-0.25, -0.2) is 14.6 Å². The summed E-state index contributed by atoms with van der Waals surface area (Å²) in [5.41, 5.74) is 1.83. The summed E-state index contributed by atoms with van der Waals surface area (Å²) in [5.74, 6) is 1.34. The molecular formula is C18H21N5O3. The summed E-state index contributed by atoms with van der Waals surface area (Å²) in [4.78, 5) is 20.6. The Morgan fingerprint density at radius 3 is 2.77 bits per heavy atom. The summed E-state index contributed by atoms with van der Waals surface area (Å²) in [6.07, 6.45) is 1.47. The van der Waals surface area contributed by atoms with Crippen LogP contribution in [0.2, 0.25) is 0 Å². The minimum atomic E-state index is -0.390. The number of nitrogens with one attached hydrogen (secondary N) is 1. The maximum Gasteiger partial charge on any atom is 0.292 e. The second kappa shape index (κ2) is 7.49. The van der Waals surface area contributed by atoms with Gasteiger partial charge in [-0.3, -0.25) is 4.79 Å². The van der Waals surface area contributed by atoms with E-state index in [1.165, 1.54) is 6.33 Å². The molecule has 0 fully saturated rings. The van der Waals surface area contributed by atoms with E-state index < -0.39 is 0 Å². The largest absolute Gasteiger partial charge is 0.453 e. The Balaban J connectivity index is 1.72. The van der Waals surface area contributed by atoms with Crippen molar-refractivity contribution in [3.63, 3.8) is 0 Å². The van der Waals surface area contributed by atoms with Gasteiger partial charge in [-0.1, -0.05) is 0 Å². The van der Waals surface area contributed by atoms with Gasteiger partial charge in [0.2, 0.25) is 0 Å². The summed E-state index contributed by atoms with van der Waals surface area (Å²) in [6, 6.07) is 6.93. The molecular weight excluding hydrogens is 334 g/mol. The zero-order valence-electron chi connectivity index (χ0n) is 15.2. The van der Waals surface area contributed by atoms with Crippen LogP contribution >= 0.6 is 0 Å². The van der Waals surface area contributed by atoms with Crippen LogP contribution < -0.4 is 5.32 Å². The predicted molar refractivity (Wildman–Crippen MR) is 95.2 cm³/mol. The Kier molecular flexibility index (Phi) is 5.13. The van der Waals surface area contributed by atoms with Crippen LogP contribution in [-0.4, -0.2) is 31.8 Å². The normalized spacial score (nSPS) is 11.1. The molecule has 26 heavy (non-hydrogen) atoms. The van der Waals surface area contributed by atoms with Gasteiger partial charge in [0.05, 0.1) is 11.8 Å². The van der Waals surface area contributed by atoms with Crippen LogP contribution in [0, 0.1) is 13.8 Å². The van der Waals surface area contributed by atoms with E-state index in [0.29, 0.717) is 24.0 Å². The summed E-state index contributed by atoms with van der Waals surface area (Å²) in [6.45, 7) is 8.04. The molecule has 0 bridgehead atoms. The zero-order valence-corrected chi connectivity index (χ0v) is 15.2. The average Bonchev–Trinajstić information content (AvgIpc) is 3.19. The molecule has 3 rings (SSSR count). The van der Waals surface area contributed by atoms with Crippen LogP contribution in [0.4, 0.5) is 5.82 Å². The number of furan rings is 1. The molecule has 0 unspecified atom stereocenters. The predicted octanol–water partition coefficient (Wildman–Crippen LogP) is 3.05. The lowest BCUT2D eigenvalue weighted by molar-refractivity contribution is 0.0537.